The highest BCUT2D eigenvalue weighted by molar-refractivity contribution is 5.42. The maximum absolute atomic E-state index is 5.75. The van der Waals surface area contributed by atoms with Gasteiger partial charge in [0.1, 0.15) is 0 Å². The first-order chi connectivity index (χ1) is 7.84. The molecule has 1 fully saturated rings. The number of benzene rings is 1. The number of rotatable bonds is 7. The summed E-state index contributed by atoms with van der Waals surface area (Å²) in [5.41, 5.74) is 1.17. The highest BCUT2D eigenvalue weighted by Crippen LogP contribution is 2.32. The number of nitrogens with one attached hydrogen (secondary N) is 1. The van der Waals surface area contributed by atoms with Crippen LogP contribution in [-0.4, -0.2) is 19.3 Å². The minimum absolute atomic E-state index is 0.291. The van der Waals surface area contributed by atoms with Crippen molar-refractivity contribution >= 4 is 5.69 Å². The maximum Gasteiger partial charge on any atom is 0.0719 e. The van der Waals surface area contributed by atoms with Crippen LogP contribution in [0.15, 0.2) is 30.3 Å². The van der Waals surface area contributed by atoms with Crippen molar-refractivity contribution in [3.05, 3.63) is 30.3 Å². The number of para-hydroxylation sites is 1. The third-order valence-electron chi connectivity index (χ3n) is 2.99. The van der Waals surface area contributed by atoms with Gasteiger partial charge < -0.3 is 10.1 Å². The fraction of sp³-hybridized carbons (Fsp3) is 0.571. The molecule has 1 atom stereocenters. The second kappa shape index (κ2) is 5.90. The average molecular weight is 219 g/mol. The van der Waals surface area contributed by atoms with Gasteiger partial charge in [-0.15, -0.1) is 0 Å². The van der Waals surface area contributed by atoms with Gasteiger partial charge in [0.2, 0.25) is 0 Å². The first-order valence-corrected chi connectivity index (χ1v) is 6.25. The summed E-state index contributed by atoms with van der Waals surface area (Å²) in [6, 6.07) is 10.3. The summed E-state index contributed by atoms with van der Waals surface area (Å²) in [4.78, 5) is 0. The molecule has 0 heterocycles. The molecule has 1 aliphatic rings. The largest absolute Gasteiger partial charge is 0.382 e. The number of anilines is 1. The molecule has 1 saturated carbocycles. The van der Waals surface area contributed by atoms with Gasteiger partial charge in [0.15, 0.2) is 0 Å². The van der Waals surface area contributed by atoms with Crippen molar-refractivity contribution in [1.82, 2.24) is 0 Å². The van der Waals surface area contributed by atoms with Crippen LogP contribution in [0, 0.1) is 5.92 Å². The summed E-state index contributed by atoms with van der Waals surface area (Å²) >= 11 is 0. The van der Waals surface area contributed by atoms with E-state index in [2.05, 4.69) is 24.4 Å². The lowest BCUT2D eigenvalue weighted by atomic mass is 10.3. The molecule has 2 rings (SSSR count). The van der Waals surface area contributed by atoms with Crippen LogP contribution in [-0.2, 0) is 4.74 Å². The number of hydrogen-bond donors (Lipinski definition) is 1. The number of hydrogen-bond acceptors (Lipinski definition) is 2. The molecular weight excluding hydrogens is 198 g/mol. The molecule has 1 aromatic carbocycles. The molecule has 16 heavy (non-hydrogen) atoms. The van der Waals surface area contributed by atoms with Gasteiger partial charge in [-0.25, -0.2) is 0 Å². The van der Waals surface area contributed by atoms with Crippen LogP contribution in [0.1, 0.15) is 26.2 Å². The molecule has 0 spiro atoms. The molecule has 1 N–H and O–H groups in total. The molecule has 0 aliphatic heterocycles. The first kappa shape index (κ1) is 11.5. The zero-order valence-corrected chi connectivity index (χ0v) is 9.99. The van der Waals surface area contributed by atoms with Crippen molar-refractivity contribution in [2.75, 3.05) is 18.5 Å². The molecule has 2 nitrogen and oxygen atoms in total. The SMILES string of the molecule is CC(CNc1ccccc1)OCCC1CC1. The molecular formula is C14H21NO. The summed E-state index contributed by atoms with van der Waals surface area (Å²) in [6.07, 6.45) is 4.37. The fourth-order valence-electron chi connectivity index (χ4n) is 1.72. The Morgan fingerprint density at radius 1 is 1.31 bits per heavy atom. The molecule has 1 unspecified atom stereocenters. The molecule has 1 aromatic rings. The summed E-state index contributed by atoms with van der Waals surface area (Å²) < 4.78 is 5.75. The molecule has 0 saturated heterocycles. The minimum atomic E-state index is 0.291. The van der Waals surface area contributed by atoms with Crippen molar-refractivity contribution in [1.29, 1.82) is 0 Å². The van der Waals surface area contributed by atoms with Gasteiger partial charge in [0, 0.05) is 18.8 Å². The Balaban J connectivity index is 1.57. The molecule has 88 valence electrons. The maximum atomic E-state index is 5.75. The van der Waals surface area contributed by atoms with Crippen LogP contribution in [0.4, 0.5) is 5.69 Å². The normalized spacial score (nSPS) is 17.1. The predicted molar refractivity (Wildman–Crippen MR) is 67.7 cm³/mol. The van der Waals surface area contributed by atoms with E-state index in [4.69, 9.17) is 4.74 Å². The van der Waals surface area contributed by atoms with Crippen molar-refractivity contribution in [2.45, 2.75) is 32.3 Å². The van der Waals surface area contributed by atoms with E-state index >= 15 is 0 Å². The van der Waals surface area contributed by atoms with Gasteiger partial charge in [-0.2, -0.15) is 0 Å². The zero-order valence-electron chi connectivity index (χ0n) is 9.99. The van der Waals surface area contributed by atoms with Gasteiger partial charge in [0.25, 0.3) is 0 Å². The fourth-order valence-corrected chi connectivity index (χ4v) is 1.72. The average Bonchev–Trinajstić information content (AvgIpc) is 3.12. The van der Waals surface area contributed by atoms with E-state index in [0.717, 1.165) is 19.1 Å². The molecule has 0 aromatic heterocycles. The van der Waals surface area contributed by atoms with Crippen LogP contribution in [0.3, 0.4) is 0 Å². The predicted octanol–water partition coefficient (Wildman–Crippen LogP) is 3.30. The van der Waals surface area contributed by atoms with Crippen LogP contribution < -0.4 is 5.32 Å². The van der Waals surface area contributed by atoms with E-state index in [1.165, 1.54) is 24.9 Å². The van der Waals surface area contributed by atoms with Gasteiger partial charge in [-0.05, 0) is 31.4 Å². The quantitative estimate of drug-likeness (QED) is 0.759. The number of ether oxygens (including phenoxy) is 1. The topological polar surface area (TPSA) is 21.3 Å². The van der Waals surface area contributed by atoms with Crippen LogP contribution in [0.5, 0.6) is 0 Å². The molecule has 2 heteroatoms. The molecule has 0 amide bonds. The Kier molecular flexibility index (Phi) is 4.23. The Bertz CT molecular complexity index is 295. The molecule has 0 radical (unpaired) electrons. The Morgan fingerprint density at radius 2 is 2.06 bits per heavy atom. The third-order valence-corrected chi connectivity index (χ3v) is 2.99. The summed E-state index contributed by atoms with van der Waals surface area (Å²) in [7, 11) is 0. The second-order valence-corrected chi connectivity index (χ2v) is 4.66. The van der Waals surface area contributed by atoms with Crippen molar-refractivity contribution in [3.63, 3.8) is 0 Å². The highest BCUT2D eigenvalue weighted by atomic mass is 16.5. The smallest absolute Gasteiger partial charge is 0.0719 e. The van der Waals surface area contributed by atoms with Gasteiger partial charge in [0.05, 0.1) is 6.10 Å². The van der Waals surface area contributed by atoms with Crippen LogP contribution in [0.25, 0.3) is 0 Å². The molecule has 1 aliphatic carbocycles. The third kappa shape index (κ3) is 4.23. The first-order valence-electron chi connectivity index (χ1n) is 6.25. The summed E-state index contributed by atoms with van der Waals surface area (Å²) in [6.45, 7) is 3.93. The zero-order chi connectivity index (χ0) is 11.2. The lowest BCUT2D eigenvalue weighted by Gasteiger charge is -2.14. The standard InChI is InChI=1S/C14H21NO/c1-12(16-10-9-13-7-8-13)11-15-14-5-3-2-4-6-14/h2-6,12-13,15H,7-11H2,1H3. The van der Waals surface area contributed by atoms with Gasteiger partial charge in [-0.1, -0.05) is 31.0 Å². The second-order valence-electron chi connectivity index (χ2n) is 4.66. The van der Waals surface area contributed by atoms with Gasteiger partial charge in [-0.3, -0.25) is 0 Å². The Morgan fingerprint density at radius 3 is 2.75 bits per heavy atom. The summed E-state index contributed by atoms with van der Waals surface area (Å²) in [5.74, 6) is 0.967. The van der Waals surface area contributed by atoms with E-state index in [0.29, 0.717) is 6.10 Å². The molecule has 0 bridgehead atoms. The monoisotopic (exact) mass is 219 g/mol. The lowest BCUT2D eigenvalue weighted by Crippen LogP contribution is -2.20. The van der Waals surface area contributed by atoms with E-state index < -0.39 is 0 Å². The van der Waals surface area contributed by atoms with E-state index in [1.54, 1.807) is 0 Å². The van der Waals surface area contributed by atoms with Crippen molar-refractivity contribution < 1.29 is 4.74 Å². The van der Waals surface area contributed by atoms with Crippen molar-refractivity contribution in [3.8, 4) is 0 Å². The Hall–Kier alpha value is -1.02. The van der Waals surface area contributed by atoms with E-state index in [1.807, 2.05) is 18.2 Å². The Labute approximate surface area is 98.0 Å². The van der Waals surface area contributed by atoms with Gasteiger partial charge >= 0.3 is 0 Å². The van der Waals surface area contributed by atoms with Crippen LogP contribution in [0.2, 0.25) is 0 Å². The highest BCUT2D eigenvalue weighted by Gasteiger charge is 2.20. The van der Waals surface area contributed by atoms with Crippen molar-refractivity contribution in [2.24, 2.45) is 5.92 Å². The van der Waals surface area contributed by atoms with Crippen LogP contribution >= 0.6 is 0 Å². The lowest BCUT2D eigenvalue weighted by molar-refractivity contribution is 0.0703. The summed E-state index contributed by atoms with van der Waals surface area (Å²) in [5, 5.41) is 3.37. The minimum Gasteiger partial charge on any atom is -0.382 e. The van der Waals surface area contributed by atoms with E-state index in [9.17, 15) is 0 Å². The van der Waals surface area contributed by atoms with E-state index in [-0.39, 0.29) is 0 Å².